The molecule has 7 nitrogen and oxygen atoms in total. The molecule has 0 aliphatic carbocycles. The molecule has 7 heteroatoms. The molecular formula is C24H23N5O2. The van der Waals surface area contributed by atoms with Crippen LogP contribution in [0.25, 0.3) is 17.0 Å². The van der Waals surface area contributed by atoms with E-state index in [0.717, 1.165) is 27.2 Å². The lowest BCUT2D eigenvalue weighted by molar-refractivity contribution is -0.112. The molecule has 4 rings (SSSR count). The molecule has 1 amide bonds. The Morgan fingerprint density at radius 2 is 1.81 bits per heavy atom. The Morgan fingerprint density at radius 3 is 2.58 bits per heavy atom. The van der Waals surface area contributed by atoms with E-state index in [9.17, 15) is 9.59 Å². The summed E-state index contributed by atoms with van der Waals surface area (Å²) < 4.78 is 3.02. The van der Waals surface area contributed by atoms with Crippen LogP contribution in [0.2, 0.25) is 0 Å². The van der Waals surface area contributed by atoms with Crippen LogP contribution in [-0.2, 0) is 11.3 Å². The molecule has 0 saturated carbocycles. The molecule has 0 bridgehead atoms. The Bertz CT molecular complexity index is 1350. The molecule has 2 heterocycles. The van der Waals surface area contributed by atoms with E-state index in [4.69, 9.17) is 0 Å². The molecule has 0 aliphatic heterocycles. The van der Waals surface area contributed by atoms with E-state index in [1.54, 1.807) is 24.3 Å². The van der Waals surface area contributed by atoms with Crippen molar-refractivity contribution in [2.45, 2.75) is 27.3 Å². The number of carbonyl (C=O) groups excluding carboxylic acids is 1. The molecule has 0 saturated heterocycles. The summed E-state index contributed by atoms with van der Waals surface area (Å²) in [5.74, 6) is -0.427. The summed E-state index contributed by atoms with van der Waals surface area (Å²) in [5.41, 5.74) is 7.86. The quantitative estimate of drug-likeness (QED) is 0.509. The highest BCUT2D eigenvalue weighted by Gasteiger charge is 2.11. The first-order valence-electron chi connectivity index (χ1n) is 9.97. The van der Waals surface area contributed by atoms with Gasteiger partial charge in [-0.05, 0) is 44.5 Å². The fraction of sp³-hybridized carbons (Fsp3) is 0.167. The van der Waals surface area contributed by atoms with Crippen molar-refractivity contribution in [1.29, 1.82) is 0 Å². The number of benzene rings is 2. The molecule has 156 valence electrons. The van der Waals surface area contributed by atoms with Gasteiger partial charge in [-0.2, -0.15) is 5.10 Å². The Balaban J connectivity index is 1.51. The molecule has 0 spiro atoms. The number of para-hydroxylation sites is 1. The maximum absolute atomic E-state index is 12.5. The average molecular weight is 413 g/mol. The third-order valence-corrected chi connectivity index (χ3v) is 5.19. The molecule has 1 N–H and O–H groups in total. The number of nitrogens with zero attached hydrogens (tertiary/aromatic N) is 4. The minimum atomic E-state index is -0.427. The summed E-state index contributed by atoms with van der Waals surface area (Å²) in [7, 11) is 0. The standard InChI is InChI=1S/C24H23N5O2/c1-16-8-10-19(11-9-16)14-28-18(3)20(17(2)26-28)12-13-23(30)27-29-15-25-22-7-5-4-6-21(22)24(29)31/h4-13,15H,14H2,1-3H3,(H,27,30)/b13-12+. The van der Waals surface area contributed by atoms with Crippen molar-refractivity contribution in [2.24, 2.45) is 0 Å². The van der Waals surface area contributed by atoms with E-state index >= 15 is 0 Å². The van der Waals surface area contributed by atoms with E-state index < -0.39 is 5.91 Å². The Labute approximate surface area is 179 Å². The number of hydrogen-bond donors (Lipinski definition) is 1. The number of carbonyl (C=O) groups is 1. The van der Waals surface area contributed by atoms with Crippen LogP contribution in [0.1, 0.15) is 28.1 Å². The Hall–Kier alpha value is -4.00. The predicted octanol–water partition coefficient (Wildman–Crippen LogP) is 3.35. The fourth-order valence-corrected chi connectivity index (χ4v) is 3.44. The summed E-state index contributed by atoms with van der Waals surface area (Å²) in [4.78, 5) is 29.1. The van der Waals surface area contributed by atoms with Crippen molar-refractivity contribution in [3.63, 3.8) is 0 Å². The van der Waals surface area contributed by atoms with Gasteiger partial charge < -0.3 is 0 Å². The Kier molecular flexibility index (Phi) is 5.49. The number of aromatic nitrogens is 4. The molecule has 2 aromatic carbocycles. The third kappa shape index (κ3) is 4.30. The second kappa shape index (κ2) is 8.39. The molecule has 0 atom stereocenters. The summed E-state index contributed by atoms with van der Waals surface area (Å²) >= 11 is 0. The monoisotopic (exact) mass is 413 g/mol. The average Bonchev–Trinajstić information content (AvgIpc) is 3.03. The number of aryl methyl sites for hydroxylation is 2. The Morgan fingerprint density at radius 1 is 1.06 bits per heavy atom. The van der Waals surface area contributed by atoms with Gasteiger partial charge in [0.1, 0.15) is 6.33 Å². The summed E-state index contributed by atoms with van der Waals surface area (Å²) in [6.45, 7) is 6.60. The van der Waals surface area contributed by atoms with Gasteiger partial charge in [-0.25, -0.2) is 9.66 Å². The zero-order chi connectivity index (χ0) is 22.0. The first kappa shape index (κ1) is 20.3. The molecule has 0 aliphatic rings. The number of rotatable bonds is 5. The molecule has 4 aromatic rings. The zero-order valence-electron chi connectivity index (χ0n) is 17.7. The predicted molar refractivity (Wildman–Crippen MR) is 121 cm³/mol. The van der Waals surface area contributed by atoms with Crippen molar-refractivity contribution >= 4 is 22.9 Å². The molecule has 31 heavy (non-hydrogen) atoms. The highest BCUT2D eigenvalue weighted by atomic mass is 16.2. The zero-order valence-corrected chi connectivity index (χ0v) is 17.7. The topological polar surface area (TPSA) is 81.8 Å². The van der Waals surface area contributed by atoms with Crippen LogP contribution in [0.4, 0.5) is 0 Å². The van der Waals surface area contributed by atoms with Crippen molar-refractivity contribution in [3.8, 4) is 0 Å². The third-order valence-electron chi connectivity index (χ3n) is 5.19. The van der Waals surface area contributed by atoms with E-state index in [1.165, 1.54) is 18.0 Å². The van der Waals surface area contributed by atoms with Gasteiger partial charge in [-0.15, -0.1) is 0 Å². The van der Waals surface area contributed by atoms with Crippen LogP contribution in [0, 0.1) is 20.8 Å². The van der Waals surface area contributed by atoms with Crippen molar-refractivity contribution in [2.75, 3.05) is 5.43 Å². The summed E-state index contributed by atoms with van der Waals surface area (Å²) in [6, 6.07) is 15.3. The van der Waals surface area contributed by atoms with Crippen molar-refractivity contribution < 1.29 is 4.79 Å². The van der Waals surface area contributed by atoms with E-state index in [1.807, 2.05) is 24.6 Å². The van der Waals surface area contributed by atoms with Crippen LogP contribution in [0.3, 0.4) is 0 Å². The molecule has 2 aromatic heterocycles. The number of fused-ring (bicyclic) bond motifs is 1. The SMILES string of the molecule is Cc1ccc(Cn2nc(C)c(/C=C/C(=O)Nn3cnc4ccccc4c3=O)c2C)cc1. The minimum absolute atomic E-state index is 0.328. The van der Waals surface area contributed by atoms with Gasteiger partial charge in [0.15, 0.2) is 0 Å². The minimum Gasteiger partial charge on any atom is -0.268 e. The van der Waals surface area contributed by atoms with E-state index in [-0.39, 0.29) is 5.56 Å². The van der Waals surface area contributed by atoms with Gasteiger partial charge in [0.25, 0.3) is 11.5 Å². The number of nitrogens with one attached hydrogen (secondary N) is 1. The van der Waals surface area contributed by atoms with Gasteiger partial charge in [0.05, 0.1) is 23.1 Å². The largest absolute Gasteiger partial charge is 0.280 e. The number of amides is 1. The maximum Gasteiger partial charge on any atom is 0.280 e. The smallest absolute Gasteiger partial charge is 0.268 e. The molecule has 0 radical (unpaired) electrons. The number of hydrogen-bond acceptors (Lipinski definition) is 4. The second-order valence-electron chi connectivity index (χ2n) is 7.47. The summed E-state index contributed by atoms with van der Waals surface area (Å²) in [6.07, 6.45) is 4.43. The lowest BCUT2D eigenvalue weighted by atomic mass is 10.1. The van der Waals surface area contributed by atoms with Crippen LogP contribution in [0.5, 0.6) is 0 Å². The van der Waals surface area contributed by atoms with Gasteiger partial charge in [0.2, 0.25) is 0 Å². The van der Waals surface area contributed by atoms with Gasteiger partial charge in [0, 0.05) is 17.3 Å². The van der Waals surface area contributed by atoms with E-state index in [2.05, 4.69) is 46.7 Å². The van der Waals surface area contributed by atoms with Gasteiger partial charge >= 0.3 is 0 Å². The van der Waals surface area contributed by atoms with Crippen molar-refractivity contribution in [1.82, 2.24) is 19.4 Å². The second-order valence-corrected chi connectivity index (χ2v) is 7.47. The highest BCUT2D eigenvalue weighted by Crippen LogP contribution is 2.17. The molecule has 0 unspecified atom stereocenters. The molecule has 0 fully saturated rings. The van der Waals surface area contributed by atoms with Crippen LogP contribution >= 0.6 is 0 Å². The lowest BCUT2D eigenvalue weighted by Gasteiger charge is -2.06. The first-order chi connectivity index (χ1) is 14.9. The van der Waals surface area contributed by atoms with Gasteiger partial charge in [-0.3, -0.25) is 19.7 Å². The first-order valence-corrected chi connectivity index (χ1v) is 9.97. The summed E-state index contributed by atoms with van der Waals surface area (Å²) in [5, 5.41) is 5.05. The van der Waals surface area contributed by atoms with E-state index in [0.29, 0.717) is 17.4 Å². The van der Waals surface area contributed by atoms with Crippen LogP contribution in [0.15, 0.2) is 65.7 Å². The van der Waals surface area contributed by atoms with Gasteiger partial charge in [-0.1, -0.05) is 42.0 Å². The van der Waals surface area contributed by atoms with Crippen molar-refractivity contribution in [3.05, 3.63) is 99.4 Å². The fourth-order valence-electron chi connectivity index (χ4n) is 3.44. The lowest BCUT2D eigenvalue weighted by Crippen LogP contribution is -2.32. The van der Waals surface area contributed by atoms with Crippen LogP contribution < -0.4 is 11.0 Å². The maximum atomic E-state index is 12.5. The highest BCUT2D eigenvalue weighted by molar-refractivity contribution is 5.97. The van der Waals surface area contributed by atoms with Crippen LogP contribution in [-0.4, -0.2) is 25.3 Å². The normalized spacial score (nSPS) is 11.3. The molecular weight excluding hydrogens is 390 g/mol.